The molecular formula is C18H23N6O5S2+. The molecule has 0 amide bonds. The molecule has 166 valence electrons. The van der Waals surface area contributed by atoms with Crippen LogP contribution in [0, 0.1) is 6.92 Å². The van der Waals surface area contributed by atoms with E-state index in [0.29, 0.717) is 31.2 Å². The van der Waals surface area contributed by atoms with Gasteiger partial charge in [-0.1, -0.05) is 0 Å². The molecule has 1 aromatic heterocycles. The molecule has 1 aromatic carbocycles. The van der Waals surface area contributed by atoms with Crippen molar-refractivity contribution in [2.24, 2.45) is 8.80 Å². The molecule has 3 heterocycles. The minimum atomic E-state index is -3.96. The summed E-state index contributed by atoms with van der Waals surface area (Å²) in [5, 5.41) is 15.3. The number of quaternary nitrogens is 1. The van der Waals surface area contributed by atoms with E-state index in [-0.39, 0.29) is 22.1 Å². The van der Waals surface area contributed by atoms with E-state index in [9.17, 15) is 17.7 Å². The molecule has 1 atom stereocenters. The molecule has 11 nitrogen and oxygen atoms in total. The van der Waals surface area contributed by atoms with E-state index in [1.807, 2.05) is 19.1 Å². The molecule has 0 saturated carbocycles. The maximum absolute atomic E-state index is 13.0. The highest BCUT2D eigenvalue weighted by Gasteiger charge is 2.33. The standard InChI is InChI=1S/C18H22N6O5S2/c1-11-4-5-12(29-11)10-20-17-18(23-30(26)22-17)21-14-7-6-13(19)16(15(14)25)31(27,28)24-8-2-3-9-24/h4-7,25H,2-3,8-10,19H2,1H3,(H,20,22)(H,21,23)/p+1. The zero-order valence-corrected chi connectivity index (χ0v) is 18.4. The van der Waals surface area contributed by atoms with Crippen LogP contribution in [0.2, 0.25) is 0 Å². The summed E-state index contributed by atoms with van der Waals surface area (Å²) in [7, 11) is -3.96. The average molecular weight is 468 g/mol. The number of nitrogens with one attached hydrogen (secondary N) is 1. The van der Waals surface area contributed by atoms with Crippen LogP contribution in [0.3, 0.4) is 0 Å². The minimum absolute atomic E-state index is 0.0551. The Morgan fingerprint density at radius 3 is 2.68 bits per heavy atom. The summed E-state index contributed by atoms with van der Waals surface area (Å²) in [6, 6.07) is 6.48. The molecule has 1 fully saturated rings. The van der Waals surface area contributed by atoms with Crippen LogP contribution in [0.4, 0.5) is 11.4 Å². The molecule has 1 unspecified atom stereocenters. The van der Waals surface area contributed by atoms with E-state index in [1.54, 1.807) is 5.32 Å². The van der Waals surface area contributed by atoms with Crippen molar-refractivity contribution in [3.05, 3.63) is 35.8 Å². The Morgan fingerprint density at radius 2 is 2.00 bits per heavy atom. The molecule has 2 aromatic rings. The number of hydrogen-bond donors (Lipinski definition) is 4. The first-order chi connectivity index (χ1) is 14.8. The monoisotopic (exact) mass is 467 g/mol. The maximum atomic E-state index is 13.0. The van der Waals surface area contributed by atoms with Crippen molar-refractivity contribution in [1.29, 1.82) is 0 Å². The van der Waals surface area contributed by atoms with Crippen molar-refractivity contribution >= 4 is 44.2 Å². The number of aromatic hydroxyl groups is 1. The van der Waals surface area contributed by atoms with E-state index in [1.165, 1.54) is 16.4 Å². The Labute approximate surface area is 181 Å². The van der Waals surface area contributed by atoms with Gasteiger partial charge in [0.2, 0.25) is 15.9 Å². The fourth-order valence-electron chi connectivity index (χ4n) is 3.43. The molecule has 0 bridgehead atoms. The van der Waals surface area contributed by atoms with Gasteiger partial charge in [-0.15, -0.1) is 8.80 Å². The number of phenolic OH excluding ortho intramolecular Hbond substituents is 1. The molecule has 4 rings (SSSR count). The highest BCUT2D eigenvalue weighted by molar-refractivity contribution is 7.89. The van der Waals surface area contributed by atoms with Crippen LogP contribution in [0.25, 0.3) is 0 Å². The fraction of sp³-hybridized carbons (Fsp3) is 0.333. The molecule has 13 heteroatoms. The summed E-state index contributed by atoms with van der Waals surface area (Å²) in [6.07, 6.45) is 1.51. The zero-order valence-electron chi connectivity index (χ0n) is 16.7. The summed E-state index contributed by atoms with van der Waals surface area (Å²) in [5.41, 5.74) is 5.92. The van der Waals surface area contributed by atoms with Gasteiger partial charge in [-0.3, -0.25) is 5.32 Å². The topological polar surface area (TPSA) is 167 Å². The predicted octanol–water partition coefficient (Wildman–Crippen LogP) is 0.225. The third kappa shape index (κ3) is 4.35. The number of phenols is 1. The van der Waals surface area contributed by atoms with Gasteiger partial charge in [-0.05, 0) is 44.0 Å². The van der Waals surface area contributed by atoms with E-state index < -0.39 is 26.9 Å². The van der Waals surface area contributed by atoms with E-state index in [0.717, 1.165) is 18.6 Å². The van der Waals surface area contributed by atoms with Crippen LogP contribution in [0.5, 0.6) is 5.75 Å². The van der Waals surface area contributed by atoms with Gasteiger partial charge in [0, 0.05) is 13.1 Å². The highest BCUT2D eigenvalue weighted by atomic mass is 32.2. The Morgan fingerprint density at radius 1 is 1.26 bits per heavy atom. The summed E-state index contributed by atoms with van der Waals surface area (Å²) in [4.78, 5) is -0.354. The van der Waals surface area contributed by atoms with Crippen LogP contribution >= 0.6 is 0 Å². The largest absolute Gasteiger partial charge is 0.504 e. The van der Waals surface area contributed by atoms with Gasteiger partial charge < -0.3 is 20.6 Å². The highest BCUT2D eigenvalue weighted by Crippen LogP contribution is 2.38. The normalized spacial score (nSPS) is 19.5. The van der Waals surface area contributed by atoms with Crippen molar-refractivity contribution in [3.63, 3.8) is 0 Å². The molecule has 6 N–H and O–H groups in total. The molecule has 31 heavy (non-hydrogen) atoms. The molecule has 0 aliphatic carbocycles. The zero-order chi connectivity index (χ0) is 22.2. The van der Waals surface area contributed by atoms with Crippen molar-refractivity contribution < 1.29 is 27.5 Å². The van der Waals surface area contributed by atoms with Crippen molar-refractivity contribution in [2.45, 2.75) is 31.2 Å². The van der Waals surface area contributed by atoms with Gasteiger partial charge in [-0.2, -0.15) is 4.31 Å². The summed E-state index contributed by atoms with van der Waals surface area (Å²) in [5.74, 6) is 1.41. The van der Waals surface area contributed by atoms with Crippen molar-refractivity contribution in [3.8, 4) is 5.75 Å². The first kappa shape index (κ1) is 21.5. The van der Waals surface area contributed by atoms with Crippen LogP contribution in [-0.2, 0) is 27.7 Å². The van der Waals surface area contributed by atoms with E-state index in [4.69, 9.17) is 10.2 Å². The molecule has 0 spiro atoms. The smallest absolute Gasteiger partial charge is 0.279 e. The van der Waals surface area contributed by atoms with Crippen LogP contribution in [-0.4, -0.2) is 46.8 Å². The van der Waals surface area contributed by atoms with E-state index >= 15 is 0 Å². The number of sulfonamides is 1. The lowest BCUT2D eigenvalue weighted by Gasteiger charge is -2.19. The predicted molar refractivity (Wildman–Crippen MR) is 116 cm³/mol. The Hall–Kier alpha value is -2.74. The number of nitrogens with two attached hydrogens (primary N) is 2. The summed E-state index contributed by atoms with van der Waals surface area (Å²) < 4.78 is 52.5. The molecule has 1 saturated heterocycles. The first-order valence-corrected chi connectivity index (χ1v) is 12.1. The van der Waals surface area contributed by atoms with Gasteiger partial charge in [0.05, 0.1) is 11.4 Å². The van der Waals surface area contributed by atoms with Crippen molar-refractivity contribution in [1.82, 2.24) is 4.31 Å². The number of anilines is 2. The molecular weight excluding hydrogens is 444 g/mol. The number of benzene rings is 1. The number of amidine groups is 2. The van der Waals surface area contributed by atoms with Gasteiger partial charge in [0.1, 0.15) is 17.2 Å². The Kier molecular flexibility index (Phi) is 5.83. The van der Waals surface area contributed by atoms with Crippen molar-refractivity contribution in [2.75, 3.05) is 24.1 Å². The maximum Gasteiger partial charge on any atom is 0.279 e. The summed E-state index contributed by atoms with van der Waals surface area (Å²) in [6.45, 7) is 2.98. The fourth-order valence-corrected chi connectivity index (χ4v) is 5.81. The Balaban J connectivity index is 1.58. The number of rotatable bonds is 5. The SMILES string of the molecule is Cc1ccc(C[NH2+]C2=NS(=O)N=C2Nc2ccc(N)c(S(=O)(=O)N3CCCC3)c2O)o1. The first-order valence-electron chi connectivity index (χ1n) is 9.62. The van der Waals surface area contributed by atoms with Crippen LogP contribution in [0.15, 0.2) is 42.4 Å². The second kappa shape index (κ2) is 8.42. The lowest BCUT2D eigenvalue weighted by molar-refractivity contribution is -0.556. The second-order valence-corrected chi connectivity index (χ2v) is 9.89. The number of furan rings is 1. The lowest BCUT2D eigenvalue weighted by atomic mass is 10.2. The quantitative estimate of drug-likeness (QED) is 0.360. The van der Waals surface area contributed by atoms with Crippen LogP contribution in [0.1, 0.15) is 24.4 Å². The van der Waals surface area contributed by atoms with Crippen LogP contribution < -0.4 is 16.4 Å². The number of aryl methyl sites for hydroxylation is 1. The molecule has 2 aliphatic rings. The minimum Gasteiger partial charge on any atom is -0.504 e. The third-order valence-corrected chi connectivity index (χ3v) is 7.64. The second-order valence-electron chi connectivity index (χ2n) is 7.18. The Bertz CT molecular complexity index is 1200. The van der Waals surface area contributed by atoms with Gasteiger partial charge in [0.25, 0.3) is 17.0 Å². The average Bonchev–Trinajstić information content (AvgIpc) is 3.44. The summed E-state index contributed by atoms with van der Waals surface area (Å²) >= 11 is -1.83. The van der Waals surface area contributed by atoms with Gasteiger partial charge in [-0.25, -0.2) is 12.6 Å². The number of nitrogen functional groups attached to an aromatic ring is 1. The van der Waals surface area contributed by atoms with E-state index in [2.05, 4.69) is 14.1 Å². The lowest BCUT2D eigenvalue weighted by Crippen LogP contribution is -2.88. The molecule has 0 radical (unpaired) electrons. The third-order valence-electron chi connectivity index (χ3n) is 4.96. The molecule has 2 aliphatic heterocycles. The van der Waals surface area contributed by atoms with Gasteiger partial charge in [0.15, 0.2) is 11.5 Å². The number of hydrogen-bond acceptors (Lipinski definition) is 7. The number of nitrogens with zero attached hydrogens (tertiary/aromatic N) is 3. The van der Waals surface area contributed by atoms with Gasteiger partial charge >= 0.3 is 0 Å².